The van der Waals surface area contributed by atoms with Crippen molar-refractivity contribution in [2.75, 3.05) is 11.9 Å². The van der Waals surface area contributed by atoms with Crippen LogP contribution in [0.4, 0.5) is 14.6 Å². The summed E-state index contributed by atoms with van der Waals surface area (Å²) >= 11 is 11.9. The number of carbonyl (C=O) groups excluding carboxylic acids is 1. The van der Waals surface area contributed by atoms with Gasteiger partial charge in [0.2, 0.25) is 0 Å². The summed E-state index contributed by atoms with van der Waals surface area (Å²) < 4.78 is 34.0. The van der Waals surface area contributed by atoms with E-state index in [1.54, 1.807) is 19.1 Å². The van der Waals surface area contributed by atoms with Crippen molar-refractivity contribution in [3.05, 3.63) is 75.4 Å². The molecular weight excluding hydrogens is 411 g/mol. The lowest BCUT2D eigenvalue weighted by Crippen LogP contribution is -2.23. The first-order valence-electron chi connectivity index (χ1n) is 8.17. The summed E-state index contributed by atoms with van der Waals surface area (Å²) in [7, 11) is 0. The van der Waals surface area contributed by atoms with Gasteiger partial charge in [-0.2, -0.15) is 5.10 Å². The SMILES string of the molecule is Cc1cnn(Cc2cc(F)ccc2F)c1NC(=O)COc1cc(Cl)ccc1Cl. The van der Waals surface area contributed by atoms with Crippen LogP contribution in [0.3, 0.4) is 0 Å². The largest absolute Gasteiger partial charge is 0.482 e. The van der Waals surface area contributed by atoms with Gasteiger partial charge in [0.05, 0.1) is 17.8 Å². The van der Waals surface area contributed by atoms with Crippen LogP contribution in [-0.2, 0) is 11.3 Å². The second-order valence-corrected chi connectivity index (χ2v) is 6.82. The van der Waals surface area contributed by atoms with E-state index in [1.807, 2.05) is 0 Å². The molecule has 5 nitrogen and oxygen atoms in total. The fourth-order valence-electron chi connectivity index (χ4n) is 2.49. The number of aryl methyl sites for hydroxylation is 1. The molecule has 1 aromatic heterocycles. The predicted octanol–water partition coefficient (Wildman–Crippen LogP) is 4.84. The molecule has 3 aromatic rings. The third-order valence-corrected chi connectivity index (χ3v) is 4.41. The second-order valence-electron chi connectivity index (χ2n) is 5.98. The first-order chi connectivity index (χ1) is 13.3. The summed E-state index contributed by atoms with van der Waals surface area (Å²) in [5.74, 6) is -0.963. The number of nitrogens with zero attached hydrogens (tertiary/aromatic N) is 2. The molecule has 1 N–H and O–H groups in total. The van der Waals surface area contributed by atoms with Crippen molar-refractivity contribution in [1.29, 1.82) is 0 Å². The number of anilines is 1. The van der Waals surface area contributed by atoms with Crippen LogP contribution >= 0.6 is 23.2 Å². The minimum Gasteiger partial charge on any atom is -0.482 e. The zero-order valence-electron chi connectivity index (χ0n) is 14.7. The van der Waals surface area contributed by atoms with E-state index in [0.717, 1.165) is 18.2 Å². The van der Waals surface area contributed by atoms with Crippen molar-refractivity contribution in [3.63, 3.8) is 0 Å². The Morgan fingerprint density at radius 1 is 1.21 bits per heavy atom. The Morgan fingerprint density at radius 2 is 2.00 bits per heavy atom. The number of rotatable bonds is 6. The topological polar surface area (TPSA) is 56.2 Å². The molecule has 0 fully saturated rings. The molecule has 9 heteroatoms. The highest BCUT2D eigenvalue weighted by Crippen LogP contribution is 2.27. The Hall–Kier alpha value is -2.64. The van der Waals surface area contributed by atoms with Crippen LogP contribution in [0.25, 0.3) is 0 Å². The van der Waals surface area contributed by atoms with Crippen molar-refractivity contribution >= 4 is 34.9 Å². The number of hydrogen-bond donors (Lipinski definition) is 1. The van der Waals surface area contributed by atoms with Crippen molar-refractivity contribution < 1.29 is 18.3 Å². The van der Waals surface area contributed by atoms with E-state index in [2.05, 4.69) is 10.4 Å². The lowest BCUT2D eigenvalue weighted by molar-refractivity contribution is -0.118. The molecule has 0 saturated carbocycles. The Morgan fingerprint density at radius 3 is 2.79 bits per heavy atom. The molecular formula is C19H15Cl2F2N3O2. The molecule has 0 unspecified atom stereocenters. The highest BCUT2D eigenvalue weighted by atomic mass is 35.5. The third-order valence-electron chi connectivity index (χ3n) is 3.86. The predicted molar refractivity (Wildman–Crippen MR) is 103 cm³/mol. The first-order valence-corrected chi connectivity index (χ1v) is 8.93. The van der Waals surface area contributed by atoms with Gasteiger partial charge < -0.3 is 10.1 Å². The van der Waals surface area contributed by atoms with E-state index in [1.165, 1.54) is 16.9 Å². The van der Waals surface area contributed by atoms with Crippen molar-refractivity contribution in [1.82, 2.24) is 9.78 Å². The van der Waals surface area contributed by atoms with Gasteiger partial charge in [-0.3, -0.25) is 4.79 Å². The average molecular weight is 426 g/mol. The number of amides is 1. The Labute approximate surface area is 169 Å². The quantitative estimate of drug-likeness (QED) is 0.614. The van der Waals surface area contributed by atoms with Crippen LogP contribution in [0.15, 0.2) is 42.6 Å². The monoisotopic (exact) mass is 425 g/mol. The molecule has 0 spiro atoms. The highest BCUT2D eigenvalue weighted by molar-refractivity contribution is 6.34. The minimum absolute atomic E-state index is 0.0476. The number of nitrogens with one attached hydrogen (secondary N) is 1. The molecule has 0 bridgehead atoms. The smallest absolute Gasteiger partial charge is 0.263 e. The van der Waals surface area contributed by atoms with Gasteiger partial charge in [-0.15, -0.1) is 0 Å². The fraction of sp³-hybridized carbons (Fsp3) is 0.158. The lowest BCUT2D eigenvalue weighted by Gasteiger charge is -2.12. The molecule has 146 valence electrons. The number of halogens is 4. The van der Waals surface area contributed by atoms with Crippen molar-refractivity contribution in [2.45, 2.75) is 13.5 Å². The fourth-order valence-corrected chi connectivity index (χ4v) is 2.82. The number of carbonyl (C=O) groups is 1. The number of benzene rings is 2. The zero-order valence-corrected chi connectivity index (χ0v) is 16.2. The van der Waals surface area contributed by atoms with Gasteiger partial charge in [0, 0.05) is 22.2 Å². The third kappa shape index (κ3) is 4.79. The first kappa shape index (κ1) is 20.1. The molecule has 28 heavy (non-hydrogen) atoms. The molecule has 0 aliphatic rings. The summed E-state index contributed by atoms with van der Waals surface area (Å²) in [6, 6.07) is 7.83. The van der Waals surface area contributed by atoms with E-state index in [4.69, 9.17) is 27.9 Å². The van der Waals surface area contributed by atoms with Crippen molar-refractivity contribution in [3.8, 4) is 5.75 Å². The number of ether oxygens (including phenoxy) is 1. The van der Waals surface area contributed by atoms with E-state index < -0.39 is 17.5 Å². The maximum Gasteiger partial charge on any atom is 0.263 e. The van der Waals surface area contributed by atoms with Gasteiger partial charge in [-0.05, 0) is 37.3 Å². The van der Waals surface area contributed by atoms with Crippen molar-refractivity contribution in [2.24, 2.45) is 0 Å². The van der Waals surface area contributed by atoms with Crippen LogP contribution in [0.2, 0.25) is 10.0 Å². The van der Waals surface area contributed by atoms with Gasteiger partial charge in [0.25, 0.3) is 5.91 Å². The molecule has 0 aliphatic heterocycles. The summed E-state index contributed by atoms with van der Waals surface area (Å²) in [6.07, 6.45) is 1.52. The minimum atomic E-state index is -0.564. The molecule has 0 aliphatic carbocycles. The molecule has 1 heterocycles. The molecule has 3 rings (SSSR count). The second kappa shape index (κ2) is 8.58. The van der Waals surface area contributed by atoms with E-state index in [9.17, 15) is 13.6 Å². The van der Waals surface area contributed by atoms with Crippen LogP contribution in [-0.4, -0.2) is 22.3 Å². The molecule has 2 aromatic carbocycles. The number of hydrogen-bond acceptors (Lipinski definition) is 3. The summed E-state index contributed by atoms with van der Waals surface area (Å²) in [4.78, 5) is 12.3. The standard InChI is InChI=1S/C19H15Cl2F2N3O2/c1-11-8-24-26(9-12-6-14(22)3-5-16(12)23)19(11)25-18(27)10-28-17-7-13(20)2-4-15(17)21/h2-8H,9-10H2,1H3,(H,25,27). The number of aromatic nitrogens is 2. The zero-order chi connectivity index (χ0) is 20.3. The summed E-state index contributed by atoms with van der Waals surface area (Å²) in [5, 5.41) is 7.52. The van der Waals surface area contributed by atoms with Gasteiger partial charge in [0.1, 0.15) is 23.2 Å². The van der Waals surface area contributed by atoms with Gasteiger partial charge in [0.15, 0.2) is 6.61 Å². The highest BCUT2D eigenvalue weighted by Gasteiger charge is 2.15. The van der Waals surface area contributed by atoms with Gasteiger partial charge in [-0.25, -0.2) is 13.5 Å². The Balaban J connectivity index is 1.70. The average Bonchev–Trinajstić information content (AvgIpc) is 2.99. The molecule has 0 atom stereocenters. The Kier molecular flexibility index (Phi) is 6.16. The van der Waals surface area contributed by atoms with Gasteiger partial charge >= 0.3 is 0 Å². The maximum atomic E-state index is 13.9. The van der Waals surface area contributed by atoms with E-state index >= 15 is 0 Å². The molecule has 0 radical (unpaired) electrons. The molecule has 1 amide bonds. The summed E-state index contributed by atoms with van der Waals surface area (Å²) in [5.41, 5.74) is 0.770. The summed E-state index contributed by atoms with van der Waals surface area (Å²) in [6.45, 7) is 1.36. The van der Waals surface area contributed by atoms with Crippen LogP contribution in [0.1, 0.15) is 11.1 Å². The van der Waals surface area contributed by atoms with Crippen LogP contribution in [0, 0.1) is 18.6 Å². The van der Waals surface area contributed by atoms with Crippen LogP contribution < -0.4 is 10.1 Å². The van der Waals surface area contributed by atoms with Gasteiger partial charge in [-0.1, -0.05) is 23.2 Å². The normalized spacial score (nSPS) is 10.8. The lowest BCUT2D eigenvalue weighted by atomic mass is 10.2. The molecule has 0 saturated heterocycles. The Bertz CT molecular complexity index is 1020. The maximum absolute atomic E-state index is 13.9. The van der Waals surface area contributed by atoms with E-state index in [0.29, 0.717) is 21.4 Å². The van der Waals surface area contributed by atoms with Crippen LogP contribution in [0.5, 0.6) is 5.75 Å². The van der Waals surface area contributed by atoms with E-state index in [-0.39, 0.29) is 24.5 Å².